The molecule has 0 saturated heterocycles. The van der Waals surface area contributed by atoms with E-state index in [-0.39, 0.29) is 18.1 Å². The first-order chi connectivity index (χ1) is 6.08. The van der Waals surface area contributed by atoms with Crippen LogP contribution in [0.25, 0.3) is 0 Å². The summed E-state index contributed by atoms with van der Waals surface area (Å²) in [6.45, 7) is 2.50. The number of aliphatic hydroxyl groups excluding tert-OH is 1. The Balaban J connectivity index is 2.02. The van der Waals surface area contributed by atoms with E-state index in [1.807, 2.05) is 6.92 Å². The molecule has 0 bridgehead atoms. The second-order valence-corrected chi connectivity index (χ2v) is 3.98. The maximum absolute atomic E-state index is 11.1. The highest BCUT2D eigenvalue weighted by Gasteiger charge is 2.27. The van der Waals surface area contributed by atoms with E-state index in [0.29, 0.717) is 18.9 Å². The van der Waals surface area contributed by atoms with E-state index in [4.69, 9.17) is 10.8 Å². The lowest BCUT2D eigenvalue weighted by Crippen LogP contribution is -2.39. The Labute approximate surface area is 78.5 Å². The third kappa shape index (κ3) is 3.74. The average Bonchev–Trinajstić information content (AvgIpc) is 1.94. The molecule has 1 atom stereocenters. The maximum atomic E-state index is 11.1. The van der Waals surface area contributed by atoms with Gasteiger partial charge in [0.2, 0.25) is 5.91 Å². The molecule has 0 spiro atoms. The molecule has 4 nitrogen and oxygen atoms in total. The Hall–Kier alpha value is -0.610. The van der Waals surface area contributed by atoms with Gasteiger partial charge >= 0.3 is 0 Å². The van der Waals surface area contributed by atoms with Crippen molar-refractivity contribution >= 4 is 5.91 Å². The first-order valence-electron chi connectivity index (χ1n) is 4.78. The van der Waals surface area contributed by atoms with Crippen LogP contribution >= 0.6 is 0 Å². The van der Waals surface area contributed by atoms with Gasteiger partial charge in [0.15, 0.2) is 0 Å². The van der Waals surface area contributed by atoms with Crippen LogP contribution in [0.4, 0.5) is 0 Å². The van der Waals surface area contributed by atoms with Gasteiger partial charge < -0.3 is 16.2 Å². The van der Waals surface area contributed by atoms with Crippen LogP contribution in [0, 0.1) is 5.92 Å². The summed E-state index contributed by atoms with van der Waals surface area (Å²) in [5, 5.41) is 11.8. The van der Waals surface area contributed by atoms with Gasteiger partial charge in [-0.15, -0.1) is 0 Å². The van der Waals surface area contributed by atoms with E-state index in [1.165, 1.54) is 0 Å². The molecule has 1 fully saturated rings. The minimum Gasteiger partial charge on any atom is -0.393 e. The summed E-state index contributed by atoms with van der Waals surface area (Å²) in [4.78, 5) is 11.1. The molecule has 1 saturated carbocycles. The molecule has 0 aromatic carbocycles. The van der Waals surface area contributed by atoms with Crippen molar-refractivity contribution in [3.05, 3.63) is 0 Å². The lowest BCUT2D eigenvalue weighted by atomic mass is 9.82. The molecule has 0 aromatic rings. The van der Waals surface area contributed by atoms with Gasteiger partial charge in [-0.3, -0.25) is 4.79 Å². The van der Waals surface area contributed by atoms with Crippen LogP contribution in [0.1, 0.15) is 26.2 Å². The van der Waals surface area contributed by atoms with Crippen LogP contribution in [-0.2, 0) is 4.79 Å². The molecule has 0 aliphatic heterocycles. The van der Waals surface area contributed by atoms with E-state index in [2.05, 4.69) is 5.32 Å². The molecular formula is C9H18N2O2. The average molecular weight is 186 g/mol. The second kappa shape index (κ2) is 4.58. The SMILES string of the molecule is CC(N)CC(=O)NCC1CC(O)C1. The maximum Gasteiger partial charge on any atom is 0.221 e. The van der Waals surface area contributed by atoms with Crippen LogP contribution in [0.3, 0.4) is 0 Å². The predicted octanol–water partition coefficient (Wildman–Crippen LogP) is -0.389. The lowest BCUT2D eigenvalue weighted by molar-refractivity contribution is -0.121. The number of rotatable bonds is 4. The van der Waals surface area contributed by atoms with Crippen LogP contribution in [-0.4, -0.2) is 29.7 Å². The number of hydrogen-bond acceptors (Lipinski definition) is 3. The van der Waals surface area contributed by atoms with Crippen molar-refractivity contribution in [3.63, 3.8) is 0 Å². The first kappa shape index (κ1) is 10.5. The molecule has 1 unspecified atom stereocenters. The summed E-state index contributed by atoms with van der Waals surface area (Å²) in [6.07, 6.45) is 1.88. The molecular weight excluding hydrogens is 168 g/mol. The van der Waals surface area contributed by atoms with Gasteiger partial charge in [-0.25, -0.2) is 0 Å². The van der Waals surface area contributed by atoms with E-state index in [0.717, 1.165) is 12.8 Å². The van der Waals surface area contributed by atoms with E-state index < -0.39 is 0 Å². The fraction of sp³-hybridized carbons (Fsp3) is 0.889. The number of carbonyl (C=O) groups excluding carboxylic acids is 1. The van der Waals surface area contributed by atoms with Gasteiger partial charge in [0.25, 0.3) is 0 Å². The summed E-state index contributed by atoms with van der Waals surface area (Å²) in [5.74, 6) is 0.475. The third-order valence-electron chi connectivity index (χ3n) is 2.31. The smallest absolute Gasteiger partial charge is 0.221 e. The van der Waals surface area contributed by atoms with Gasteiger partial charge in [0.05, 0.1) is 6.10 Å². The predicted molar refractivity (Wildman–Crippen MR) is 50.0 cm³/mol. The quantitative estimate of drug-likeness (QED) is 0.559. The van der Waals surface area contributed by atoms with E-state index >= 15 is 0 Å². The Bertz CT molecular complexity index is 176. The summed E-state index contributed by atoms with van der Waals surface area (Å²) >= 11 is 0. The normalized spacial score (nSPS) is 29.2. The van der Waals surface area contributed by atoms with E-state index in [1.54, 1.807) is 0 Å². The van der Waals surface area contributed by atoms with Crippen LogP contribution in [0.5, 0.6) is 0 Å². The van der Waals surface area contributed by atoms with Crippen molar-refractivity contribution in [2.24, 2.45) is 11.7 Å². The molecule has 0 heterocycles. The summed E-state index contributed by atoms with van der Waals surface area (Å²) < 4.78 is 0. The molecule has 1 aliphatic carbocycles. The van der Waals surface area contributed by atoms with Crippen LogP contribution < -0.4 is 11.1 Å². The number of hydrogen-bond donors (Lipinski definition) is 3. The second-order valence-electron chi connectivity index (χ2n) is 3.98. The minimum atomic E-state index is -0.143. The highest BCUT2D eigenvalue weighted by molar-refractivity contribution is 5.76. The zero-order valence-electron chi connectivity index (χ0n) is 7.99. The third-order valence-corrected chi connectivity index (χ3v) is 2.31. The number of carbonyl (C=O) groups is 1. The van der Waals surface area contributed by atoms with Crippen LogP contribution in [0.15, 0.2) is 0 Å². The van der Waals surface area contributed by atoms with Gasteiger partial charge in [-0.2, -0.15) is 0 Å². The zero-order chi connectivity index (χ0) is 9.84. The fourth-order valence-corrected chi connectivity index (χ4v) is 1.49. The molecule has 1 amide bonds. The van der Waals surface area contributed by atoms with Crippen LogP contribution in [0.2, 0.25) is 0 Å². The number of aliphatic hydroxyl groups is 1. The standard InChI is InChI=1S/C9H18N2O2/c1-6(10)2-9(13)11-5-7-3-8(12)4-7/h6-8,12H,2-5,10H2,1H3,(H,11,13). The van der Waals surface area contributed by atoms with Crippen molar-refractivity contribution in [2.45, 2.75) is 38.3 Å². The molecule has 0 aromatic heterocycles. The number of amides is 1. The Morgan fingerprint density at radius 2 is 2.31 bits per heavy atom. The Kier molecular flexibility index (Phi) is 3.69. The topological polar surface area (TPSA) is 75.4 Å². The first-order valence-corrected chi connectivity index (χ1v) is 4.78. The summed E-state index contributed by atoms with van der Waals surface area (Å²) in [5.41, 5.74) is 5.47. The molecule has 1 aliphatic rings. The zero-order valence-corrected chi connectivity index (χ0v) is 7.99. The molecule has 13 heavy (non-hydrogen) atoms. The highest BCUT2D eigenvalue weighted by atomic mass is 16.3. The van der Waals surface area contributed by atoms with Gasteiger partial charge in [-0.05, 0) is 25.7 Å². The largest absolute Gasteiger partial charge is 0.393 e. The number of nitrogens with two attached hydrogens (primary N) is 1. The van der Waals surface area contributed by atoms with Crippen molar-refractivity contribution in [2.75, 3.05) is 6.54 Å². The van der Waals surface area contributed by atoms with Gasteiger partial charge in [-0.1, -0.05) is 0 Å². The molecule has 76 valence electrons. The highest BCUT2D eigenvalue weighted by Crippen LogP contribution is 2.25. The van der Waals surface area contributed by atoms with Crippen molar-refractivity contribution in [3.8, 4) is 0 Å². The Morgan fingerprint density at radius 1 is 1.69 bits per heavy atom. The van der Waals surface area contributed by atoms with Crippen molar-refractivity contribution in [1.82, 2.24) is 5.32 Å². The minimum absolute atomic E-state index is 0.0105. The van der Waals surface area contributed by atoms with E-state index in [9.17, 15) is 4.79 Å². The number of nitrogens with one attached hydrogen (secondary N) is 1. The fourth-order valence-electron chi connectivity index (χ4n) is 1.49. The summed E-state index contributed by atoms with van der Waals surface area (Å²) in [7, 11) is 0. The van der Waals surface area contributed by atoms with Crippen molar-refractivity contribution < 1.29 is 9.90 Å². The monoisotopic (exact) mass is 186 g/mol. The molecule has 4 heteroatoms. The van der Waals surface area contributed by atoms with Gasteiger partial charge in [0.1, 0.15) is 0 Å². The Morgan fingerprint density at radius 3 is 2.77 bits per heavy atom. The summed E-state index contributed by atoms with van der Waals surface area (Å²) in [6, 6.07) is -0.0769. The lowest BCUT2D eigenvalue weighted by Gasteiger charge is -2.31. The molecule has 0 radical (unpaired) electrons. The van der Waals surface area contributed by atoms with Crippen molar-refractivity contribution in [1.29, 1.82) is 0 Å². The van der Waals surface area contributed by atoms with Gasteiger partial charge in [0, 0.05) is 19.0 Å². The molecule has 4 N–H and O–H groups in total. The molecule has 1 rings (SSSR count).